The number of β-lactam (4-membered cyclic amide) rings is 1. The topological polar surface area (TPSA) is 106 Å². The van der Waals surface area contributed by atoms with Gasteiger partial charge in [-0.25, -0.2) is 0 Å². The first-order chi connectivity index (χ1) is 8.60. The smallest absolute Gasteiger partial charge is 0.319 e. The molecule has 2 rings (SSSR count). The van der Waals surface area contributed by atoms with Gasteiger partial charge in [0.1, 0.15) is 5.37 Å². The van der Waals surface area contributed by atoms with Crippen molar-refractivity contribution in [1.29, 1.82) is 0 Å². The molecule has 0 bridgehead atoms. The first kappa shape index (κ1) is 12.8. The summed E-state index contributed by atoms with van der Waals surface area (Å²) >= 11 is 1.31. The Kier molecular flexibility index (Phi) is 3.49. The number of amides is 1. The molecule has 0 spiro atoms. The largest absolute Gasteiger partial charge is 0.481 e. The lowest BCUT2D eigenvalue weighted by atomic mass is 9.99. The van der Waals surface area contributed by atoms with Crippen molar-refractivity contribution in [1.82, 2.24) is 4.90 Å². The quantitative estimate of drug-likeness (QED) is 0.270. The summed E-state index contributed by atoms with van der Waals surface area (Å²) in [6.45, 7) is 1.97. The molecule has 1 fully saturated rings. The third-order valence-corrected chi connectivity index (χ3v) is 4.34. The lowest BCUT2D eigenvalue weighted by Crippen LogP contribution is -2.57. The van der Waals surface area contributed by atoms with Crippen molar-refractivity contribution in [3.05, 3.63) is 21.5 Å². The molecule has 2 unspecified atom stereocenters. The maximum atomic E-state index is 11.6. The number of hydrogen-bond donors (Lipinski definition) is 1. The number of fused-ring (bicyclic) bond motifs is 1. The second-order valence-corrected chi connectivity index (χ2v) is 5.30. The Hall–Kier alpha value is -1.66. The van der Waals surface area contributed by atoms with E-state index in [0.29, 0.717) is 6.42 Å². The minimum atomic E-state index is -1.10. The predicted molar refractivity (Wildman–Crippen MR) is 65.3 cm³/mol. The molecule has 2 aliphatic rings. The summed E-state index contributed by atoms with van der Waals surface area (Å²) in [5.41, 5.74) is 8.51. The average Bonchev–Trinajstić information content (AvgIpc) is 2.68. The van der Waals surface area contributed by atoms with Crippen LogP contribution in [-0.4, -0.2) is 33.3 Å². The molecule has 1 saturated heterocycles. The maximum absolute atomic E-state index is 11.6. The minimum Gasteiger partial charge on any atom is -0.481 e. The highest BCUT2D eigenvalue weighted by atomic mass is 32.2. The zero-order valence-corrected chi connectivity index (χ0v) is 10.5. The van der Waals surface area contributed by atoms with Crippen LogP contribution in [-0.2, 0) is 9.59 Å². The van der Waals surface area contributed by atoms with Gasteiger partial charge >= 0.3 is 5.97 Å². The maximum Gasteiger partial charge on any atom is 0.319 e. The molecular formula is C10H12N4O3S. The molecular weight excluding hydrogens is 256 g/mol. The van der Waals surface area contributed by atoms with Gasteiger partial charge in [-0.1, -0.05) is 18.5 Å². The van der Waals surface area contributed by atoms with E-state index in [-0.39, 0.29) is 11.4 Å². The average molecular weight is 268 g/mol. The number of hydrogen-bond acceptors (Lipinski definition) is 4. The fourth-order valence-corrected chi connectivity index (χ4v) is 3.46. The highest BCUT2D eigenvalue weighted by molar-refractivity contribution is 8.04. The van der Waals surface area contributed by atoms with E-state index in [1.807, 2.05) is 6.92 Å². The van der Waals surface area contributed by atoms with E-state index >= 15 is 0 Å². The highest BCUT2D eigenvalue weighted by Gasteiger charge is 2.55. The van der Waals surface area contributed by atoms with Gasteiger partial charge in [0.2, 0.25) is 5.91 Å². The Morgan fingerprint density at radius 1 is 1.78 bits per heavy atom. The summed E-state index contributed by atoms with van der Waals surface area (Å²) in [4.78, 5) is 27.4. The van der Waals surface area contributed by atoms with Crippen LogP contribution in [0.3, 0.4) is 0 Å². The fourth-order valence-electron chi connectivity index (χ4n) is 2.04. The van der Waals surface area contributed by atoms with Crippen molar-refractivity contribution in [2.45, 2.75) is 31.2 Å². The lowest BCUT2D eigenvalue weighted by molar-refractivity contribution is -0.160. The van der Waals surface area contributed by atoms with E-state index in [2.05, 4.69) is 10.0 Å². The molecule has 1 N–H and O–H groups in total. The Morgan fingerprint density at radius 3 is 3.06 bits per heavy atom. The van der Waals surface area contributed by atoms with Gasteiger partial charge in [-0.3, -0.25) is 9.59 Å². The van der Waals surface area contributed by atoms with Crippen LogP contribution in [0.1, 0.15) is 19.8 Å². The molecule has 0 radical (unpaired) electrons. The van der Waals surface area contributed by atoms with Crippen LogP contribution in [0.25, 0.3) is 10.4 Å². The summed E-state index contributed by atoms with van der Waals surface area (Å²) < 4.78 is 0. The second-order valence-electron chi connectivity index (χ2n) is 4.11. The standard InChI is InChI=1S/C10H12N4O3S/c1-2-3-5(12-13-11)6-4-14-8(15)7(10(16)17)9(14)18-6/h4-5,7,9H,2-3H2,1H3,(H,16,17)/t5?,7?,9-/m0/s1. The van der Waals surface area contributed by atoms with Crippen LogP contribution in [0.4, 0.5) is 0 Å². The molecule has 96 valence electrons. The van der Waals surface area contributed by atoms with Crippen molar-refractivity contribution in [3.8, 4) is 0 Å². The second kappa shape index (κ2) is 4.91. The van der Waals surface area contributed by atoms with E-state index in [1.165, 1.54) is 16.7 Å². The van der Waals surface area contributed by atoms with E-state index < -0.39 is 17.8 Å². The van der Waals surface area contributed by atoms with E-state index in [9.17, 15) is 9.59 Å². The van der Waals surface area contributed by atoms with Crippen molar-refractivity contribution in [3.63, 3.8) is 0 Å². The normalized spacial score (nSPS) is 26.8. The number of thioether (sulfide) groups is 1. The highest BCUT2D eigenvalue weighted by Crippen LogP contribution is 2.47. The number of carbonyl (C=O) groups is 2. The number of aliphatic carboxylic acids is 1. The summed E-state index contributed by atoms with van der Waals surface area (Å²) in [5.74, 6) is -2.47. The van der Waals surface area contributed by atoms with Gasteiger partial charge in [0.25, 0.3) is 0 Å². The first-order valence-electron chi connectivity index (χ1n) is 5.57. The predicted octanol–water partition coefficient (Wildman–Crippen LogP) is 1.92. The molecule has 0 aromatic rings. The number of carboxylic acids is 1. The van der Waals surface area contributed by atoms with Crippen LogP contribution >= 0.6 is 11.8 Å². The number of nitrogens with zero attached hydrogens (tertiary/aromatic N) is 4. The summed E-state index contributed by atoms with van der Waals surface area (Å²) in [6.07, 6.45) is 3.16. The Bertz CT molecular complexity index is 472. The number of rotatable bonds is 5. The first-order valence-corrected chi connectivity index (χ1v) is 6.45. The van der Waals surface area contributed by atoms with Gasteiger partial charge in [0, 0.05) is 16.0 Å². The van der Waals surface area contributed by atoms with Crippen LogP contribution in [0.5, 0.6) is 0 Å². The molecule has 3 atom stereocenters. The van der Waals surface area contributed by atoms with Crippen LogP contribution in [0.2, 0.25) is 0 Å². The van der Waals surface area contributed by atoms with Crippen molar-refractivity contribution in [2.75, 3.05) is 0 Å². The van der Waals surface area contributed by atoms with Gasteiger partial charge in [-0.2, -0.15) is 0 Å². The third kappa shape index (κ3) is 1.93. The number of azide groups is 1. The molecule has 1 amide bonds. The van der Waals surface area contributed by atoms with Crippen LogP contribution < -0.4 is 0 Å². The van der Waals surface area contributed by atoms with Gasteiger partial charge in [-0.15, -0.1) is 11.8 Å². The molecule has 2 aliphatic heterocycles. The molecule has 7 nitrogen and oxygen atoms in total. The molecule has 8 heteroatoms. The molecule has 0 aromatic carbocycles. The van der Waals surface area contributed by atoms with Crippen molar-refractivity contribution >= 4 is 23.6 Å². The molecule has 18 heavy (non-hydrogen) atoms. The van der Waals surface area contributed by atoms with Gasteiger partial charge in [0.05, 0.1) is 6.04 Å². The Balaban J connectivity index is 2.13. The van der Waals surface area contributed by atoms with E-state index in [1.54, 1.807) is 6.20 Å². The SMILES string of the molecule is CCCC(N=[N+]=[N-])C1=CN2C(=O)C(C(=O)O)[C@@H]2S1. The van der Waals surface area contributed by atoms with Gasteiger partial charge < -0.3 is 10.0 Å². The monoisotopic (exact) mass is 268 g/mol. The zero-order chi connectivity index (χ0) is 13.3. The summed E-state index contributed by atoms with van der Waals surface area (Å²) in [5, 5.41) is 12.2. The molecule has 2 heterocycles. The van der Waals surface area contributed by atoms with Gasteiger partial charge in [-0.05, 0) is 12.0 Å². The third-order valence-electron chi connectivity index (χ3n) is 2.95. The molecule has 0 aromatic heterocycles. The van der Waals surface area contributed by atoms with E-state index in [0.717, 1.165) is 11.3 Å². The summed E-state index contributed by atoms with van der Waals surface area (Å²) in [7, 11) is 0. The number of carboxylic acid groups (broad SMARTS) is 1. The van der Waals surface area contributed by atoms with Crippen LogP contribution in [0, 0.1) is 5.92 Å². The molecule has 0 saturated carbocycles. The Morgan fingerprint density at radius 2 is 2.50 bits per heavy atom. The van der Waals surface area contributed by atoms with E-state index in [4.69, 9.17) is 10.6 Å². The summed E-state index contributed by atoms with van der Waals surface area (Å²) in [6, 6.07) is -0.308. The van der Waals surface area contributed by atoms with Crippen molar-refractivity contribution in [2.24, 2.45) is 11.0 Å². The minimum absolute atomic E-state index is 0.308. The van der Waals surface area contributed by atoms with Crippen LogP contribution in [0.15, 0.2) is 16.2 Å². The fraction of sp³-hybridized carbons (Fsp3) is 0.600. The molecule has 0 aliphatic carbocycles. The Labute approximate surface area is 107 Å². The van der Waals surface area contributed by atoms with Gasteiger partial charge in [0.15, 0.2) is 5.92 Å². The van der Waals surface area contributed by atoms with Crippen molar-refractivity contribution < 1.29 is 14.7 Å². The lowest BCUT2D eigenvalue weighted by Gasteiger charge is -2.38. The number of carbonyl (C=O) groups excluding carboxylic acids is 1. The zero-order valence-electron chi connectivity index (χ0n) is 9.68.